The maximum atomic E-state index is 4.33. The maximum absolute atomic E-state index is 4.33. The Kier molecular flexibility index (Phi) is 2.89. The summed E-state index contributed by atoms with van der Waals surface area (Å²) in [5.74, 6) is 0. The van der Waals surface area contributed by atoms with Gasteiger partial charge in [0.2, 0.25) is 0 Å². The van der Waals surface area contributed by atoms with Gasteiger partial charge in [0, 0.05) is 17.7 Å². The zero-order chi connectivity index (χ0) is 9.80. The molecule has 0 bridgehead atoms. The molecular formula is C11H9BrN2. The molecule has 0 amide bonds. The Balaban J connectivity index is 2.34. The normalized spacial score (nSPS) is 10.1. The van der Waals surface area contributed by atoms with Crippen LogP contribution in [0, 0.1) is 0 Å². The lowest BCUT2D eigenvalue weighted by atomic mass is 10.2. The molecule has 0 atom stereocenters. The Morgan fingerprint density at radius 1 is 1.00 bits per heavy atom. The van der Waals surface area contributed by atoms with E-state index < -0.39 is 0 Å². The van der Waals surface area contributed by atoms with Gasteiger partial charge in [0.25, 0.3) is 0 Å². The largest absolute Gasteiger partial charge is 0.255 e. The van der Waals surface area contributed by atoms with Crippen molar-refractivity contribution in [2.75, 3.05) is 0 Å². The predicted octanol–water partition coefficient (Wildman–Crippen LogP) is 3.04. The third-order valence-electron chi connectivity index (χ3n) is 1.91. The average molecular weight is 249 g/mol. The monoisotopic (exact) mass is 248 g/mol. The Bertz CT molecular complexity index is 397. The van der Waals surface area contributed by atoms with Crippen molar-refractivity contribution in [1.29, 1.82) is 0 Å². The van der Waals surface area contributed by atoms with Crippen LogP contribution in [0.4, 0.5) is 0 Å². The number of halogens is 1. The molecule has 70 valence electrons. The molecule has 2 aromatic heterocycles. The van der Waals surface area contributed by atoms with Crippen LogP contribution in [0.5, 0.6) is 0 Å². The van der Waals surface area contributed by atoms with Crippen molar-refractivity contribution in [3.63, 3.8) is 0 Å². The van der Waals surface area contributed by atoms with Crippen molar-refractivity contribution in [2.45, 2.75) is 5.33 Å². The highest BCUT2D eigenvalue weighted by atomic mass is 79.9. The van der Waals surface area contributed by atoms with E-state index in [2.05, 4.69) is 25.9 Å². The number of nitrogens with zero attached hydrogens (tertiary/aromatic N) is 2. The summed E-state index contributed by atoms with van der Waals surface area (Å²) in [6, 6.07) is 9.85. The number of rotatable bonds is 2. The molecule has 0 saturated carbocycles. The van der Waals surface area contributed by atoms with Crippen molar-refractivity contribution in [1.82, 2.24) is 9.97 Å². The molecule has 2 nitrogen and oxygen atoms in total. The second-order valence-electron chi connectivity index (χ2n) is 2.90. The second-order valence-corrected chi connectivity index (χ2v) is 3.46. The van der Waals surface area contributed by atoms with Crippen molar-refractivity contribution < 1.29 is 0 Å². The SMILES string of the molecule is BrCc1ccc(-c2ccccn2)nc1. The van der Waals surface area contributed by atoms with E-state index in [-0.39, 0.29) is 0 Å². The van der Waals surface area contributed by atoms with Crippen LogP contribution in [0.1, 0.15) is 5.56 Å². The Morgan fingerprint density at radius 3 is 2.43 bits per heavy atom. The van der Waals surface area contributed by atoms with Crippen LogP contribution >= 0.6 is 15.9 Å². The molecule has 2 rings (SSSR count). The number of pyridine rings is 2. The topological polar surface area (TPSA) is 25.8 Å². The van der Waals surface area contributed by atoms with Crippen molar-refractivity contribution in [3.8, 4) is 11.4 Å². The number of hydrogen-bond donors (Lipinski definition) is 0. The number of aromatic nitrogens is 2. The Hall–Kier alpha value is -1.22. The van der Waals surface area contributed by atoms with Gasteiger partial charge in [-0.05, 0) is 23.8 Å². The molecule has 0 aliphatic rings. The molecule has 0 fully saturated rings. The fourth-order valence-corrected chi connectivity index (χ4v) is 1.50. The van der Waals surface area contributed by atoms with Gasteiger partial charge in [0.05, 0.1) is 11.4 Å². The van der Waals surface area contributed by atoms with E-state index in [9.17, 15) is 0 Å². The molecule has 2 heterocycles. The summed E-state index contributed by atoms with van der Waals surface area (Å²) in [6.07, 6.45) is 3.63. The quantitative estimate of drug-likeness (QED) is 0.764. The van der Waals surface area contributed by atoms with E-state index in [4.69, 9.17) is 0 Å². The van der Waals surface area contributed by atoms with Crippen LogP contribution in [-0.4, -0.2) is 9.97 Å². The molecule has 0 aliphatic heterocycles. The average Bonchev–Trinajstić information content (AvgIpc) is 2.30. The van der Waals surface area contributed by atoms with E-state index in [1.165, 1.54) is 5.56 Å². The standard InChI is InChI=1S/C11H9BrN2/c12-7-9-4-5-11(14-8-9)10-3-1-2-6-13-10/h1-6,8H,7H2. The van der Waals surface area contributed by atoms with Crippen LogP contribution in [0.25, 0.3) is 11.4 Å². The van der Waals surface area contributed by atoms with Crippen LogP contribution in [0.3, 0.4) is 0 Å². The molecule has 0 aliphatic carbocycles. The Labute approximate surface area is 91.2 Å². The molecule has 14 heavy (non-hydrogen) atoms. The van der Waals surface area contributed by atoms with Crippen LogP contribution in [-0.2, 0) is 5.33 Å². The molecule has 0 aromatic carbocycles. The van der Waals surface area contributed by atoms with Crippen LogP contribution < -0.4 is 0 Å². The molecule has 0 unspecified atom stereocenters. The Morgan fingerprint density at radius 2 is 1.86 bits per heavy atom. The summed E-state index contributed by atoms with van der Waals surface area (Å²) < 4.78 is 0. The lowest BCUT2D eigenvalue weighted by Crippen LogP contribution is -1.87. The first-order valence-electron chi connectivity index (χ1n) is 4.32. The first-order valence-corrected chi connectivity index (χ1v) is 5.44. The molecule has 2 aromatic rings. The van der Waals surface area contributed by atoms with Crippen molar-refractivity contribution in [2.24, 2.45) is 0 Å². The minimum absolute atomic E-state index is 0.836. The lowest BCUT2D eigenvalue weighted by Gasteiger charge is -1.99. The van der Waals surface area contributed by atoms with Gasteiger partial charge in [-0.15, -0.1) is 0 Å². The first kappa shape index (κ1) is 9.34. The van der Waals surface area contributed by atoms with Gasteiger partial charge in [-0.3, -0.25) is 9.97 Å². The fourth-order valence-electron chi connectivity index (χ4n) is 1.17. The summed E-state index contributed by atoms with van der Waals surface area (Å²) >= 11 is 3.38. The molecule has 0 saturated heterocycles. The highest BCUT2D eigenvalue weighted by molar-refractivity contribution is 9.08. The molecular weight excluding hydrogens is 240 g/mol. The zero-order valence-corrected chi connectivity index (χ0v) is 9.11. The van der Waals surface area contributed by atoms with E-state index in [1.807, 2.05) is 36.5 Å². The zero-order valence-electron chi connectivity index (χ0n) is 7.52. The van der Waals surface area contributed by atoms with Crippen molar-refractivity contribution >= 4 is 15.9 Å². The molecule has 0 radical (unpaired) electrons. The lowest BCUT2D eigenvalue weighted by molar-refractivity contribution is 1.22. The highest BCUT2D eigenvalue weighted by Crippen LogP contribution is 2.14. The predicted molar refractivity (Wildman–Crippen MR) is 60.1 cm³/mol. The van der Waals surface area contributed by atoms with Gasteiger partial charge < -0.3 is 0 Å². The van der Waals surface area contributed by atoms with Gasteiger partial charge >= 0.3 is 0 Å². The van der Waals surface area contributed by atoms with Crippen molar-refractivity contribution in [3.05, 3.63) is 48.3 Å². The molecule has 3 heteroatoms. The number of hydrogen-bond acceptors (Lipinski definition) is 2. The van der Waals surface area contributed by atoms with Gasteiger partial charge in [-0.1, -0.05) is 28.1 Å². The minimum atomic E-state index is 0.836. The van der Waals surface area contributed by atoms with Crippen LogP contribution in [0.2, 0.25) is 0 Å². The third-order valence-corrected chi connectivity index (χ3v) is 2.55. The minimum Gasteiger partial charge on any atom is -0.255 e. The first-order chi connectivity index (χ1) is 6.90. The van der Waals surface area contributed by atoms with E-state index >= 15 is 0 Å². The van der Waals surface area contributed by atoms with E-state index in [0.29, 0.717) is 0 Å². The molecule has 0 spiro atoms. The van der Waals surface area contributed by atoms with Gasteiger partial charge in [-0.2, -0.15) is 0 Å². The second kappa shape index (κ2) is 4.33. The van der Waals surface area contributed by atoms with E-state index in [0.717, 1.165) is 16.7 Å². The smallest absolute Gasteiger partial charge is 0.0886 e. The number of alkyl halides is 1. The highest BCUT2D eigenvalue weighted by Gasteiger charge is 1.98. The summed E-state index contributed by atoms with van der Waals surface area (Å²) in [4.78, 5) is 8.56. The summed E-state index contributed by atoms with van der Waals surface area (Å²) in [6.45, 7) is 0. The maximum Gasteiger partial charge on any atom is 0.0886 e. The van der Waals surface area contributed by atoms with Gasteiger partial charge in [0.1, 0.15) is 0 Å². The summed E-state index contributed by atoms with van der Waals surface area (Å²) in [5.41, 5.74) is 2.99. The summed E-state index contributed by atoms with van der Waals surface area (Å²) in [7, 11) is 0. The van der Waals surface area contributed by atoms with Gasteiger partial charge in [0.15, 0.2) is 0 Å². The summed E-state index contributed by atoms with van der Waals surface area (Å²) in [5, 5.41) is 0.836. The fraction of sp³-hybridized carbons (Fsp3) is 0.0909. The van der Waals surface area contributed by atoms with E-state index in [1.54, 1.807) is 6.20 Å². The van der Waals surface area contributed by atoms with Gasteiger partial charge in [-0.25, -0.2) is 0 Å². The molecule has 0 N–H and O–H groups in total. The van der Waals surface area contributed by atoms with Crippen LogP contribution in [0.15, 0.2) is 42.7 Å². The third kappa shape index (κ3) is 1.99.